The number of imidazole rings is 1. The molecule has 0 unspecified atom stereocenters. The summed E-state index contributed by atoms with van der Waals surface area (Å²) in [5.41, 5.74) is 2.00. The summed E-state index contributed by atoms with van der Waals surface area (Å²) in [7, 11) is 0. The Hall–Kier alpha value is -3.65. The SMILES string of the molecule is O=C(Oc1ccccc1)N1C(=O)n2c(nc3ccccc32)CN1c1ccc(Br)cc1. The van der Waals surface area contributed by atoms with Crippen LogP contribution in [0.15, 0.2) is 83.3 Å². The molecule has 7 nitrogen and oxygen atoms in total. The number of hydrogen-bond donors (Lipinski definition) is 0. The van der Waals surface area contributed by atoms with Crippen molar-refractivity contribution in [1.29, 1.82) is 0 Å². The molecule has 0 aliphatic carbocycles. The lowest BCUT2D eigenvalue weighted by atomic mass is 10.3. The minimum absolute atomic E-state index is 0.228. The molecule has 2 heterocycles. The van der Waals surface area contributed by atoms with Crippen LogP contribution in [0.5, 0.6) is 5.75 Å². The van der Waals surface area contributed by atoms with Crippen molar-refractivity contribution in [3.8, 4) is 5.75 Å². The number of fused-ring (bicyclic) bond motifs is 3. The molecule has 0 spiro atoms. The second kappa shape index (κ2) is 7.31. The standard InChI is InChI=1S/C22H15BrN4O3/c23-15-10-12-16(13-11-15)25-14-20-24-18-8-4-5-9-19(18)26(20)21(28)27(25)22(29)30-17-6-2-1-3-7-17/h1-13H,14H2. The Bertz CT molecular complexity index is 1250. The van der Waals surface area contributed by atoms with Crippen LogP contribution in [0, 0.1) is 0 Å². The minimum Gasteiger partial charge on any atom is -0.409 e. The number of rotatable bonds is 2. The molecule has 1 aromatic heterocycles. The molecule has 30 heavy (non-hydrogen) atoms. The highest BCUT2D eigenvalue weighted by molar-refractivity contribution is 9.10. The van der Waals surface area contributed by atoms with Gasteiger partial charge < -0.3 is 4.74 Å². The molecule has 4 aromatic rings. The molecule has 0 atom stereocenters. The molecule has 5 rings (SSSR count). The number of ether oxygens (including phenoxy) is 1. The lowest BCUT2D eigenvalue weighted by molar-refractivity contribution is 0.144. The van der Waals surface area contributed by atoms with Crippen molar-refractivity contribution in [3.63, 3.8) is 0 Å². The van der Waals surface area contributed by atoms with E-state index in [4.69, 9.17) is 4.74 Å². The van der Waals surface area contributed by atoms with E-state index in [-0.39, 0.29) is 6.54 Å². The quantitative estimate of drug-likeness (QED) is 0.409. The third-order valence-corrected chi connectivity index (χ3v) is 5.31. The molecule has 0 radical (unpaired) electrons. The van der Waals surface area contributed by atoms with Crippen LogP contribution >= 0.6 is 15.9 Å². The second-order valence-corrected chi connectivity index (χ2v) is 7.58. The number of anilines is 1. The number of amides is 2. The Kier molecular flexibility index (Phi) is 4.48. The van der Waals surface area contributed by atoms with Gasteiger partial charge in [-0.05, 0) is 48.5 Å². The van der Waals surface area contributed by atoms with Crippen molar-refractivity contribution in [1.82, 2.24) is 14.6 Å². The minimum atomic E-state index is -0.794. The van der Waals surface area contributed by atoms with E-state index in [0.29, 0.717) is 28.3 Å². The summed E-state index contributed by atoms with van der Waals surface area (Å²) >= 11 is 3.41. The average molecular weight is 463 g/mol. The van der Waals surface area contributed by atoms with Crippen LogP contribution in [-0.4, -0.2) is 26.7 Å². The Morgan fingerprint density at radius 1 is 0.933 bits per heavy atom. The molecule has 1 aliphatic rings. The number of nitrogens with zero attached hydrogens (tertiary/aromatic N) is 4. The second-order valence-electron chi connectivity index (χ2n) is 6.66. The summed E-state index contributed by atoms with van der Waals surface area (Å²) in [6, 6.07) is 22.8. The monoisotopic (exact) mass is 462 g/mol. The van der Waals surface area contributed by atoms with Gasteiger partial charge in [0.05, 0.1) is 23.3 Å². The van der Waals surface area contributed by atoms with E-state index in [1.165, 1.54) is 4.57 Å². The number of imide groups is 1. The number of hydrazine groups is 1. The number of benzene rings is 3. The molecule has 3 aromatic carbocycles. The molecular weight excluding hydrogens is 448 g/mol. The van der Waals surface area contributed by atoms with E-state index in [1.807, 2.05) is 48.5 Å². The first-order chi connectivity index (χ1) is 14.6. The fourth-order valence-electron chi connectivity index (χ4n) is 3.43. The predicted octanol–water partition coefficient (Wildman–Crippen LogP) is 5.20. The van der Waals surface area contributed by atoms with Gasteiger partial charge in [0, 0.05) is 4.47 Å². The molecule has 0 saturated carbocycles. The fraction of sp³-hybridized carbons (Fsp3) is 0.0455. The zero-order chi connectivity index (χ0) is 20.7. The van der Waals surface area contributed by atoms with Crippen molar-refractivity contribution in [2.45, 2.75) is 6.54 Å². The number of carbonyl (C=O) groups is 2. The summed E-state index contributed by atoms with van der Waals surface area (Å²) in [5, 5.41) is 2.58. The van der Waals surface area contributed by atoms with E-state index in [9.17, 15) is 9.59 Å². The smallest absolute Gasteiger partial charge is 0.409 e. The van der Waals surface area contributed by atoms with Crippen LogP contribution in [-0.2, 0) is 6.54 Å². The third kappa shape index (κ3) is 3.11. The molecule has 2 amide bonds. The van der Waals surface area contributed by atoms with E-state index in [0.717, 1.165) is 9.48 Å². The Labute approximate surface area is 180 Å². The summed E-state index contributed by atoms with van der Waals surface area (Å²) in [5.74, 6) is 0.903. The first-order valence-electron chi connectivity index (χ1n) is 9.22. The number of para-hydroxylation sites is 3. The van der Waals surface area contributed by atoms with Gasteiger partial charge in [-0.3, -0.25) is 5.01 Å². The highest BCUT2D eigenvalue weighted by atomic mass is 79.9. The topological polar surface area (TPSA) is 67.7 Å². The van der Waals surface area contributed by atoms with Crippen LogP contribution in [0.25, 0.3) is 11.0 Å². The third-order valence-electron chi connectivity index (χ3n) is 4.78. The van der Waals surface area contributed by atoms with E-state index >= 15 is 0 Å². The van der Waals surface area contributed by atoms with Gasteiger partial charge in [-0.1, -0.05) is 46.3 Å². The highest BCUT2D eigenvalue weighted by Gasteiger charge is 2.39. The van der Waals surface area contributed by atoms with Crippen LogP contribution in [0.2, 0.25) is 0 Å². The number of carbonyl (C=O) groups excluding carboxylic acids is 2. The van der Waals surface area contributed by atoms with Gasteiger partial charge in [-0.25, -0.2) is 19.1 Å². The summed E-state index contributed by atoms with van der Waals surface area (Å²) in [4.78, 5) is 31.2. The van der Waals surface area contributed by atoms with Crippen LogP contribution < -0.4 is 9.75 Å². The van der Waals surface area contributed by atoms with Crippen molar-refractivity contribution in [2.75, 3.05) is 5.01 Å². The van der Waals surface area contributed by atoms with Gasteiger partial charge >= 0.3 is 12.1 Å². The van der Waals surface area contributed by atoms with Gasteiger partial charge in [-0.15, -0.1) is 5.01 Å². The van der Waals surface area contributed by atoms with E-state index < -0.39 is 12.1 Å². The largest absolute Gasteiger partial charge is 0.443 e. The molecule has 0 fully saturated rings. The maximum absolute atomic E-state index is 13.5. The highest BCUT2D eigenvalue weighted by Crippen LogP contribution is 2.29. The Balaban J connectivity index is 1.61. The van der Waals surface area contributed by atoms with Crippen molar-refractivity contribution in [3.05, 3.63) is 89.2 Å². The van der Waals surface area contributed by atoms with Crippen LogP contribution in [0.4, 0.5) is 15.3 Å². The molecule has 148 valence electrons. The summed E-state index contributed by atoms with van der Waals surface area (Å²) in [6.45, 7) is 0.228. The maximum Gasteiger partial charge on any atom is 0.443 e. The molecule has 0 N–H and O–H groups in total. The molecule has 0 bridgehead atoms. The average Bonchev–Trinajstić information content (AvgIpc) is 3.13. The summed E-state index contributed by atoms with van der Waals surface area (Å²) in [6.07, 6.45) is -0.794. The van der Waals surface area contributed by atoms with Crippen LogP contribution in [0.1, 0.15) is 5.82 Å². The normalized spacial score (nSPS) is 13.4. The zero-order valence-corrected chi connectivity index (χ0v) is 17.2. The molecule has 1 aliphatic heterocycles. The van der Waals surface area contributed by atoms with E-state index in [1.54, 1.807) is 35.3 Å². The number of halogens is 1. The van der Waals surface area contributed by atoms with Crippen molar-refractivity contribution < 1.29 is 14.3 Å². The number of hydrogen-bond acceptors (Lipinski definition) is 5. The van der Waals surface area contributed by atoms with Crippen molar-refractivity contribution >= 4 is 44.8 Å². The fourth-order valence-corrected chi connectivity index (χ4v) is 3.69. The van der Waals surface area contributed by atoms with Gasteiger partial charge in [0.25, 0.3) is 0 Å². The zero-order valence-electron chi connectivity index (χ0n) is 15.6. The van der Waals surface area contributed by atoms with Gasteiger partial charge in [0.2, 0.25) is 0 Å². The van der Waals surface area contributed by atoms with E-state index in [2.05, 4.69) is 20.9 Å². The van der Waals surface area contributed by atoms with Gasteiger partial charge in [-0.2, -0.15) is 0 Å². The summed E-state index contributed by atoms with van der Waals surface area (Å²) < 4.78 is 7.83. The first kappa shape index (κ1) is 18.4. The molecule has 0 saturated heterocycles. The van der Waals surface area contributed by atoms with Gasteiger partial charge in [0.15, 0.2) is 0 Å². The van der Waals surface area contributed by atoms with Crippen molar-refractivity contribution in [2.24, 2.45) is 0 Å². The molecule has 8 heteroatoms. The molecular formula is C22H15BrN4O3. The van der Waals surface area contributed by atoms with Crippen LogP contribution in [0.3, 0.4) is 0 Å². The first-order valence-corrected chi connectivity index (χ1v) is 10.0. The lowest BCUT2D eigenvalue weighted by Crippen LogP contribution is -2.56. The Morgan fingerprint density at radius 3 is 2.40 bits per heavy atom. The lowest BCUT2D eigenvalue weighted by Gasteiger charge is -2.37. The maximum atomic E-state index is 13.5. The number of aromatic nitrogens is 2. The predicted molar refractivity (Wildman–Crippen MR) is 115 cm³/mol. The Morgan fingerprint density at radius 2 is 1.63 bits per heavy atom. The van der Waals surface area contributed by atoms with Gasteiger partial charge in [0.1, 0.15) is 11.6 Å².